The zero-order valence-electron chi connectivity index (χ0n) is 17.9. The molecule has 2 heterocycles. The van der Waals surface area contributed by atoms with Gasteiger partial charge in [-0.05, 0) is 37.1 Å². The van der Waals surface area contributed by atoms with E-state index < -0.39 is 22.8 Å². The molecule has 6 heteroatoms. The highest BCUT2D eigenvalue weighted by Gasteiger charge is 2.22. The minimum absolute atomic E-state index is 0.241. The standard InChI is InChI=1S/C26H22F2N4/c1-3-31-13-9-19(10-14-31)5-7-21-23(17-29)26(28)22(24(18-30)25(21)27)8-6-20-11-15-32(4-2)16-12-20/h5-16H,3-4H2,1-2H3/q+2. The summed E-state index contributed by atoms with van der Waals surface area (Å²) < 4.78 is 34.3. The molecule has 3 aromatic rings. The number of nitriles is 2. The van der Waals surface area contributed by atoms with Crippen LogP contribution in [0.15, 0.2) is 49.1 Å². The van der Waals surface area contributed by atoms with Crippen LogP contribution in [0.2, 0.25) is 0 Å². The summed E-state index contributed by atoms with van der Waals surface area (Å²) in [5, 5.41) is 19.0. The molecule has 2 aromatic heterocycles. The molecule has 0 spiro atoms. The van der Waals surface area contributed by atoms with Gasteiger partial charge in [0.2, 0.25) is 0 Å². The highest BCUT2D eigenvalue weighted by atomic mass is 19.1. The average Bonchev–Trinajstić information content (AvgIpc) is 2.83. The van der Waals surface area contributed by atoms with Crippen LogP contribution in [0.3, 0.4) is 0 Å². The first-order valence-corrected chi connectivity index (χ1v) is 10.2. The molecule has 0 saturated heterocycles. The molecule has 0 aliphatic rings. The summed E-state index contributed by atoms with van der Waals surface area (Å²) in [6.45, 7) is 5.63. The number of nitrogens with zero attached hydrogens (tertiary/aromatic N) is 4. The number of aryl methyl sites for hydroxylation is 2. The van der Waals surface area contributed by atoms with Gasteiger partial charge in [0.1, 0.15) is 36.9 Å². The summed E-state index contributed by atoms with van der Waals surface area (Å²) in [4.78, 5) is 0. The van der Waals surface area contributed by atoms with Crippen LogP contribution in [0.1, 0.15) is 47.2 Å². The zero-order chi connectivity index (χ0) is 23.1. The number of pyridine rings is 2. The van der Waals surface area contributed by atoms with E-state index in [9.17, 15) is 10.5 Å². The zero-order valence-corrected chi connectivity index (χ0v) is 17.9. The van der Waals surface area contributed by atoms with Gasteiger partial charge in [-0.1, -0.05) is 12.2 Å². The van der Waals surface area contributed by atoms with Crippen molar-refractivity contribution >= 4 is 24.3 Å². The Hall–Kier alpha value is -4.16. The van der Waals surface area contributed by atoms with Gasteiger partial charge in [-0.2, -0.15) is 10.5 Å². The highest BCUT2D eigenvalue weighted by Crippen LogP contribution is 2.28. The van der Waals surface area contributed by atoms with E-state index in [1.54, 1.807) is 24.3 Å². The molecule has 0 unspecified atom stereocenters. The van der Waals surface area contributed by atoms with Crippen molar-refractivity contribution in [1.29, 1.82) is 10.5 Å². The molecule has 0 bridgehead atoms. The molecule has 4 nitrogen and oxygen atoms in total. The molecular weight excluding hydrogens is 406 g/mol. The molecule has 0 fully saturated rings. The van der Waals surface area contributed by atoms with Crippen LogP contribution < -0.4 is 9.13 Å². The molecule has 158 valence electrons. The maximum atomic E-state index is 15.2. The average molecular weight is 428 g/mol. The number of benzene rings is 1. The van der Waals surface area contributed by atoms with Crippen LogP contribution >= 0.6 is 0 Å². The number of aromatic nitrogens is 2. The second-order valence-electron chi connectivity index (χ2n) is 7.02. The lowest BCUT2D eigenvalue weighted by Gasteiger charge is -2.09. The van der Waals surface area contributed by atoms with Gasteiger partial charge in [-0.25, -0.2) is 17.9 Å². The van der Waals surface area contributed by atoms with Gasteiger partial charge in [0.05, 0.1) is 11.1 Å². The van der Waals surface area contributed by atoms with E-state index in [1.807, 2.05) is 72.0 Å². The lowest BCUT2D eigenvalue weighted by atomic mass is 9.96. The van der Waals surface area contributed by atoms with E-state index in [-0.39, 0.29) is 11.1 Å². The summed E-state index contributed by atoms with van der Waals surface area (Å²) in [6.07, 6.45) is 13.3. The molecule has 0 aliphatic heterocycles. The van der Waals surface area contributed by atoms with Crippen molar-refractivity contribution in [2.45, 2.75) is 26.9 Å². The van der Waals surface area contributed by atoms with E-state index in [4.69, 9.17) is 0 Å². The SMILES string of the molecule is CC[n+]1ccc(C=Cc2c(F)c(C#N)c(C=Cc3cc[n+](CC)cc3)c(F)c2C#N)cc1. The minimum Gasteiger partial charge on any atom is -0.205 e. The molecule has 1 aromatic carbocycles. The van der Waals surface area contributed by atoms with Crippen molar-refractivity contribution in [2.75, 3.05) is 0 Å². The lowest BCUT2D eigenvalue weighted by molar-refractivity contribution is -0.693. The predicted octanol–water partition coefficient (Wildman–Crippen LogP) is 4.66. The first-order chi connectivity index (χ1) is 15.5. The van der Waals surface area contributed by atoms with Gasteiger partial charge in [0.25, 0.3) is 0 Å². The Balaban J connectivity index is 2.04. The van der Waals surface area contributed by atoms with Crippen molar-refractivity contribution in [3.63, 3.8) is 0 Å². The molecule has 0 saturated carbocycles. The summed E-state index contributed by atoms with van der Waals surface area (Å²) >= 11 is 0. The summed E-state index contributed by atoms with van der Waals surface area (Å²) in [5.74, 6) is -1.84. The van der Waals surface area contributed by atoms with E-state index >= 15 is 8.78 Å². The number of hydrogen-bond donors (Lipinski definition) is 0. The third kappa shape index (κ3) is 4.77. The van der Waals surface area contributed by atoms with E-state index in [0.29, 0.717) is 0 Å². The van der Waals surface area contributed by atoms with E-state index in [0.717, 1.165) is 24.2 Å². The Morgan fingerprint density at radius 1 is 0.688 bits per heavy atom. The van der Waals surface area contributed by atoms with Crippen molar-refractivity contribution < 1.29 is 17.9 Å². The van der Waals surface area contributed by atoms with Gasteiger partial charge in [0.15, 0.2) is 24.8 Å². The Kier molecular flexibility index (Phi) is 7.21. The van der Waals surface area contributed by atoms with Gasteiger partial charge in [-0.15, -0.1) is 0 Å². The van der Waals surface area contributed by atoms with Gasteiger partial charge in [-0.3, -0.25) is 0 Å². The lowest BCUT2D eigenvalue weighted by Crippen LogP contribution is -2.30. The first kappa shape index (κ1) is 22.5. The molecule has 0 amide bonds. The van der Waals surface area contributed by atoms with Crippen LogP contribution in [-0.2, 0) is 13.1 Å². The van der Waals surface area contributed by atoms with E-state index in [2.05, 4.69) is 0 Å². The Morgan fingerprint density at radius 3 is 1.31 bits per heavy atom. The molecule has 32 heavy (non-hydrogen) atoms. The maximum absolute atomic E-state index is 15.2. The Labute approximate surface area is 186 Å². The van der Waals surface area contributed by atoms with Crippen LogP contribution in [0, 0.1) is 34.3 Å². The summed E-state index contributed by atoms with van der Waals surface area (Å²) in [7, 11) is 0. The normalized spacial score (nSPS) is 11.1. The summed E-state index contributed by atoms with van der Waals surface area (Å²) in [6, 6.07) is 10.8. The van der Waals surface area contributed by atoms with Crippen LogP contribution in [0.5, 0.6) is 0 Å². The molecule has 0 radical (unpaired) electrons. The third-order valence-corrected chi connectivity index (χ3v) is 5.12. The smallest absolute Gasteiger partial charge is 0.169 e. The van der Waals surface area contributed by atoms with Crippen LogP contribution in [-0.4, -0.2) is 0 Å². The predicted molar refractivity (Wildman–Crippen MR) is 118 cm³/mol. The van der Waals surface area contributed by atoms with Crippen molar-refractivity contribution in [1.82, 2.24) is 0 Å². The molecular formula is C26H22F2N4+2. The second-order valence-corrected chi connectivity index (χ2v) is 7.02. The second kappa shape index (κ2) is 10.2. The monoisotopic (exact) mass is 428 g/mol. The van der Waals surface area contributed by atoms with Gasteiger partial charge < -0.3 is 0 Å². The van der Waals surface area contributed by atoms with Gasteiger partial charge in [0, 0.05) is 35.4 Å². The van der Waals surface area contributed by atoms with Crippen molar-refractivity contribution in [3.8, 4) is 12.1 Å². The fraction of sp³-hybridized carbons (Fsp3) is 0.154. The minimum atomic E-state index is -0.919. The number of hydrogen-bond acceptors (Lipinski definition) is 2. The van der Waals surface area contributed by atoms with Crippen molar-refractivity contribution in [3.05, 3.63) is 94.1 Å². The van der Waals surface area contributed by atoms with E-state index in [1.165, 1.54) is 12.2 Å². The number of halogens is 2. The Morgan fingerprint density at radius 2 is 1.03 bits per heavy atom. The molecule has 0 N–H and O–H groups in total. The fourth-order valence-electron chi connectivity index (χ4n) is 3.20. The first-order valence-electron chi connectivity index (χ1n) is 10.2. The summed E-state index contributed by atoms with van der Waals surface area (Å²) in [5.41, 5.74) is 0.162. The highest BCUT2D eigenvalue weighted by molar-refractivity contribution is 5.79. The van der Waals surface area contributed by atoms with Crippen molar-refractivity contribution in [2.24, 2.45) is 0 Å². The molecule has 0 aliphatic carbocycles. The fourth-order valence-corrected chi connectivity index (χ4v) is 3.20. The number of rotatable bonds is 6. The Bertz CT molecular complexity index is 1160. The largest absolute Gasteiger partial charge is 0.205 e. The maximum Gasteiger partial charge on any atom is 0.169 e. The van der Waals surface area contributed by atoms with Crippen LogP contribution in [0.4, 0.5) is 8.78 Å². The molecule has 0 atom stereocenters. The van der Waals surface area contributed by atoms with Crippen LogP contribution in [0.25, 0.3) is 24.3 Å². The third-order valence-electron chi connectivity index (χ3n) is 5.12. The molecule has 3 rings (SSSR count). The quantitative estimate of drug-likeness (QED) is 0.536. The topological polar surface area (TPSA) is 55.3 Å². The van der Waals surface area contributed by atoms with Gasteiger partial charge >= 0.3 is 0 Å².